The number of halogens is 2. The van der Waals surface area contributed by atoms with Crippen LogP contribution < -0.4 is 14.2 Å². The lowest BCUT2D eigenvalue weighted by molar-refractivity contribution is -0.0965. The van der Waals surface area contributed by atoms with E-state index in [1.807, 2.05) is 11.0 Å². The van der Waals surface area contributed by atoms with Crippen molar-refractivity contribution in [3.05, 3.63) is 53.1 Å². The van der Waals surface area contributed by atoms with Gasteiger partial charge in [0.15, 0.2) is 11.5 Å². The first-order valence-corrected chi connectivity index (χ1v) is 9.22. The van der Waals surface area contributed by atoms with Gasteiger partial charge in [0.1, 0.15) is 23.5 Å². The highest BCUT2D eigenvalue weighted by molar-refractivity contribution is 5.44. The summed E-state index contributed by atoms with van der Waals surface area (Å²) < 4.78 is 50.3. The fraction of sp³-hybridized carbons (Fsp3) is 0.429. The molecule has 0 amide bonds. The molecule has 1 aliphatic rings. The van der Waals surface area contributed by atoms with Gasteiger partial charge in [0.05, 0.1) is 40.6 Å². The van der Waals surface area contributed by atoms with Crippen LogP contribution in [0, 0.1) is 11.6 Å². The highest BCUT2D eigenvalue weighted by Gasteiger charge is 2.34. The summed E-state index contributed by atoms with van der Waals surface area (Å²) in [4.78, 5) is 1.89. The van der Waals surface area contributed by atoms with Crippen LogP contribution in [0.15, 0.2) is 30.3 Å². The van der Waals surface area contributed by atoms with E-state index in [1.165, 1.54) is 14.2 Å². The van der Waals surface area contributed by atoms with Crippen LogP contribution in [0.25, 0.3) is 0 Å². The van der Waals surface area contributed by atoms with Crippen LogP contribution in [0.2, 0.25) is 0 Å². The second kappa shape index (κ2) is 9.39. The molecule has 0 bridgehead atoms. The van der Waals surface area contributed by atoms with Crippen molar-refractivity contribution >= 4 is 0 Å². The van der Waals surface area contributed by atoms with Crippen molar-refractivity contribution in [2.75, 3.05) is 41.1 Å². The Labute approximate surface area is 168 Å². The van der Waals surface area contributed by atoms with E-state index < -0.39 is 23.8 Å². The Bertz CT molecular complexity index is 825. The number of nitrogens with zero attached hydrogens (tertiary/aromatic N) is 1. The van der Waals surface area contributed by atoms with Crippen molar-refractivity contribution in [2.24, 2.45) is 0 Å². The fourth-order valence-corrected chi connectivity index (χ4v) is 3.63. The number of hydrogen-bond acceptors (Lipinski definition) is 6. The Morgan fingerprint density at radius 1 is 1.03 bits per heavy atom. The third-order valence-corrected chi connectivity index (χ3v) is 5.10. The highest BCUT2D eigenvalue weighted by Crippen LogP contribution is 2.37. The summed E-state index contributed by atoms with van der Waals surface area (Å²) >= 11 is 0. The molecule has 0 saturated carbocycles. The average Bonchev–Trinajstić information content (AvgIpc) is 2.75. The van der Waals surface area contributed by atoms with E-state index in [1.54, 1.807) is 19.2 Å². The molecule has 3 rings (SSSR count). The van der Waals surface area contributed by atoms with Crippen LogP contribution in [-0.4, -0.2) is 57.2 Å². The summed E-state index contributed by atoms with van der Waals surface area (Å²) in [6.45, 7) is 0.568. The Balaban J connectivity index is 1.97. The van der Waals surface area contributed by atoms with Crippen molar-refractivity contribution in [2.45, 2.75) is 18.7 Å². The molecule has 0 radical (unpaired) electrons. The second-order valence-corrected chi connectivity index (χ2v) is 6.69. The van der Waals surface area contributed by atoms with E-state index >= 15 is 0 Å². The quantitative estimate of drug-likeness (QED) is 0.759. The zero-order chi connectivity index (χ0) is 21.0. The molecular weight excluding hydrogens is 384 g/mol. The van der Waals surface area contributed by atoms with E-state index in [-0.39, 0.29) is 24.5 Å². The van der Waals surface area contributed by atoms with Crippen LogP contribution in [-0.2, 0) is 11.3 Å². The van der Waals surface area contributed by atoms with E-state index in [9.17, 15) is 13.9 Å². The van der Waals surface area contributed by atoms with Gasteiger partial charge in [-0.25, -0.2) is 8.78 Å². The zero-order valence-corrected chi connectivity index (χ0v) is 16.7. The third kappa shape index (κ3) is 4.44. The molecule has 1 heterocycles. The Morgan fingerprint density at radius 3 is 2.31 bits per heavy atom. The molecule has 2 atom stereocenters. The van der Waals surface area contributed by atoms with Gasteiger partial charge in [-0.05, 0) is 17.7 Å². The molecule has 0 unspecified atom stereocenters. The number of morpholine rings is 1. The minimum Gasteiger partial charge on any atom is -0.497 e. The monoisotopic (exact) mass is 409 g/mol. The predicted molar refractivity (Wildman–Crippen MR) is 102 cm³/mol. The maximum absolute atomic E-state index is 14.5. The lowest BCUT2D eigenvalue weighted by Crippen LogP contribution is -2.46. The van der Waals surface area contributed by atoms with Gasteiger partial charge in [0.2, 0.25) is 0 Å². The number of hydrogen-bond donors (Lipinski definition) is 1. The van der Waals surface area contributed by atoms with Gasteiger partial charge in [-0.3, -0.25) is 4.90 Å². The molecule has 8 heteroatoms. The first-order valence-electron chi connectivity index (χ1n) is 9.22. The van der Waals surface area contributed by atoms with E-state index in [0.29, 0.717) is 24.7 Å². The summed E-state index contributed by atoms with van der Waals surface area (Å²) in [5, 5.41) is 9.84. The SMILES string of the molecule is COc1cc(F)c(CN2CCO[C@H](CO)[C@H]2c2ccc(OC)c(OC)c2)c(F)c1. The number of ether oxygens (including phenoxy) is 4. The van der Waals surface area contributed by atoms with Crippen molar-refractivity contribution in [1.82, 2.24) is 4.90 Å². The first kappa shape index (κ1) is 21.3. The molecule has 158 valence electrons. The van der Waals surface area contributed by atoms with E-state index in [0.717, 1.165) is 17.7 Å². The van der Waals surface area contributed by atoms with Crippen LogP contribution in [0.4, 0.5) is 8.78 Å². The van der Waals surface area contributed by atoms with Crippen LogP contribution in [0.3, 0.4) is 0 Å². The first-order chi connectivity index (χ1) is 14.0. The highest BCUT2D eigenvalue weighted by atomic mass is 19.1. The maximum Gasteiger partial charge on any atom is 0.161 e. The van der Waals surface area contributed by atoms with Crippen molar-refractivity contribution in [3.8, 4) is 17.2 Å². The Hall–Kier alpha value is -2.42. The van der Waals surface area contributed by atoms with Crippen LogP contribution >= 0.6 is 0 Å². The lowest BCUT2D eigenvalue weighted by atomic mass is 9.97. The third-order valence-electron chi connectivity index (χ3n) is 5.10. The predicted octanol–water partition coefficient (Wildman–Crippen LogP) is 2.93. The van der Waals surface area contributed by atoms with Crippen LogP contribution in [0.1, 0.15) is 17.2 Å². The van der Waals surface area contributed by atoms with Gasteiger partial charge in [-0.2, -0.15) is 0 Å². The van der Waals surface area contributed by atoms with Crippen molar-refractivity contribution in [3.63, 3.8) is 0 Å². The van der Waals surface area contributed by atoms with E-state index in [4.69, 9.17) is 18.9 Å². The number of aliphatic hydroxyl groups excluding tert-OH is 1. The largest absolute Gasteiger partial charge is 0.497 e. The number of methoxy groups -OCH3 is 3. The standard InChI is InChI=1S/C21H25F2NO5/c1-26-14-9-16(22)15(17(23)10-14)11-24-6-7-29-20(12-25)21(24)13-4-5-18(27-2)19(8-13)28-3/h4-5,8-10,20-21,25H,6-7,11-12H2,1-3H3/t20-,21-/m1/s1. The zero-order valence-electron chi connectivity index (χ0n) is 16.7. The molecule has 1 aliphatic heterocycles. The maximum atomic E-state index is 14.5. The summed E-state index contributed by atoms with van der Waals surface area (Å²) in [5.74, 6) is -0.156. The number of rotatable bonds is 7. The summed E-state index contributed by atoms with van der Waals surface area (Å²) in [6, 6.07) is 7.27. The summed E-state index contributed by atoms with van der Waals surface area (Å²) in [5.41, 5.74) is 0.727. The molecule has 2 aromatic carbocycles. The van der Waals surface area contributed by atoms with Crippen LogP contribution in [0.5, 0.6) is 17.2 Å². The Kier molecular flexibility index (Phi) is 6.89. The molecular formula is C21H25F2NO5. The minimum absolute atomic E-state index is 0.0144. The van der Waals surface area contributed by atoms with Gasteiger partial charge < -0.3 is 24.1 Å². The summed E-state index contributed by atoms with van der Waals surface area (Å²) in [6.07, 6.45) is -0.550. The van der Waals surface area contributed by atoms with Gasteiger partial charge >= 0.3 is 0 Å². The minimum atomic E-state index is -0.681. The topological polar surface area (TPSA) is 60.4 Å². The number of benzene rings is 2. The smallest absolute Gasteiger partial charge is 0.161 e. The summed E-state index contributed by atoms with van der Waals surface area (Å²) in [7, 11) is 4.43. The van der Waals surface area contributed by atoms with E-state index in [2.05, 4.69) is 0 Å². The molecule has 1 N–H and O–H groups in total. The number of aliphatic hydroxyl groups is 1. The molecule has 6 nitrogen and oxygen atoms in total. The molecule has 1 fully saturated rings. The van der Waals surface area contributed by atoms with Gasteiger partial charge in [-0.1, -0.05) is 6.07 Å². The lowest BCUT2D eigenvalue weighted by Gasteiger charge is -2.41. The Morgan fingerprint density at radius 2 is 1.72 bits per heavy atom. The van der Waals surface area contributed by atoms with Gasteiger partial charge in [-0.15, -0.1) is 0 Å². The van der Waals surface area contributed by atoms with Crippen molar-refractivity contribution in [1.29, 1.82) is 0 Å². The molecule has 0 aromatic heterocycles. The molecule has 2 aromatic rings. The molecule has 0 aliphatic carbocycles. The van der Waals surface area contributed by atoms with Gasteiger partial charge in [0, 0.05) is 30.8 Å². The second-order valence-electron chi connectivity index (χ2n) is 6.69. The fourth-order valence-electron chi connectivity index (χ4n) is 3.63. The average molecular weight is 409 g/mol. The molecule has 0 spiro atoms. The van der Waals surface area contributed by atoms with Crippen molar-refractivity contribution < 1.29 is 32.8 Å². The molecule has 1 saturated heterocycles. The molecule has 29 heavy (non-hydrogen) atoms. The normalized spacial score (nSPS) is 19.8. The van der Waals surface area contributed by atoms with Gasteiger partial charge in [0.25, 0.3) is 0 Å².